The van der Waals surface area contributed by atoms with Crippen molar-refractivity contribution in [2.24, 2.45) is 5.92 Å². The molecule has 0 aliphatic rings. The predicted molar refractivity (Wildman–Crippen MR) is 87.6 cm³/mol. The van der Waals surface area contributed by atoms with E-state index in [0.717, 1.165) is 36.8 Å². The molecule has 0 spiro atoms. The molecule has 0 atom stereocenters. The molecule has 1 rings (SSSR count). The van der Waals surface area contributed by atoms with E-state index in [2.05, 4.69) is 37.1 Å². The van der Waals surface area contributed by atoms with Crippen LogP contribution in [0, 0.1) is 5.92 Å². The Kier molecular flexibility index (Phi) is 7.97. The van der Waals surface area contributed by atoms with Crippen LogP contribution in [0.4, 0.5) is 5.69 Å². The van der Waals surface area contributed by atoms with Gasteiger partial charge in [-0.15, -0.1) is 0 Å². The molecule has 0 amide bonds. The van der Waals surface area contributed by atoms with Crippen molar-refractivity contribution in [2.45, 2.75) is 33.7 Å². The summed E-state index contributed by atoms with van der Waals surface area (Å²) in [7, 11) is 0. The van der Waals surface area contributed by atoms with Crippen LogP contribution in [0.2, 0.25) is 5.02 Å². The topological polar surface area (TPSA) is 35.5 Å². The van der Waals surface area contributed by atoms with Gasteiger partial charge in [0, 0.05) is 19.6 Å². The molecule has 0 aromatic heterocycles. The summed E-state index contributed by atoms with van der Waals surface area (Å²) in [4.78, 5) is 2.18. The van der Waals surface area contributed by atoms with E-state index in [9.17, 15) is 5.11 Å². The van der Waals surface area contributed by atoms with E-state index in [0.29, 0.717) is 12.5 Å². The fourth-order valence-electron chi connectivity index (χ4n) is 2.28. The van der Waals surface area contributed by atoms with Crippen LogP contribution in [0.1, 0.15) is 32.8 Å². The third kappa shape index (κ3) is 5.31. The van der Waals surface area contributed by atoms with Crippen LogP contribution in [0.15, 0.2) is 18.2 Å². The summed E-state index contributed by atoms with van der Waals surface area (Å²) in [5.74, 6) is 0.627. The van der Waals surface area contributed by atoms with Crippen molar-refractivity contribution in [3.05, 3.63) is 28.8 Å². The fraction of sp³-hybridized carbons (Fsp3) is 0.625. The Morgan fingerprint density at radius 1 is 1.30 bits per heavy atom. The number of aliphatic hydroxyl groups is 1. The molecule has 0 bridgehead atoms. The maximum Gasteiger partial charge on any atom is 0.0642 e. The summed E-state index contributed by atoms with van der Waals surface area (Å²) in [6, 6.07) is 6.01. The molecule has 0 heterocycles. The van der Waals surface area contributed by atoms with Gasteiger partial charge in [-0.2, -0.15) is 0 Å². The van der Waals surface area contributed by atoms with Gasteiger partial charge >= 0.3 is 0 Å². The highest BCUT2D eigenvalue weighted by Crippen LogP contribution is 2.30. The lowest BCUT2D eigenvalue weighted by atomic mass is 10.1. The van der Waals surface area contributed by atoms with Crippen molar-refractivity contribution in [1.82, 2.24) is 5.32 Å². The molecule has 1 aromatic rings. The van der Waals surface area contributed by atoms with Crippen molar-refractivity contribution < 1.29 is 5.11 Å². The number of rotatable bonds is 9. The summed E-state index contributed by atoms with van der Waals surface area (Å²) in [6.07, 6.45) is 1.03. The van der Waals surface area contributed by atoms with E-state index in [4.69, 9.17) is 11.6 Å². The second-order valence-corrected chi connectivity index (χ2v) is 5.89. The van der Waals surface area contributed by atoms with Gasteiger partial charge in [0.15, 0.2) is 0 Å². The first-order valence-corrected chi connectivity index (χ1v) is 7.81. The lowest BCUT2D eigenvalue weighted by Crippen LogP contribution is -2.30. The normalized spacial score (nSPS) is 11.1. The molecule has 3 nitrogen and oxygen atoms in total. The molecule has 20 heavy (non-hydrogen) atoms. The molecule has 0 radical (unpaired) electrons. The molecule has 0 unspecified atom stereocenters. The summed E-state index contributed by atoms with van der Waals surface area (Å²) >= 11 is 6.39. The minimum Gasteiger partial charge on any atom is -0.395 e. The van der Waals surface area contributed by atoms with Crippen LogP contribution in [0.3, 0.4) is 0 Å². The number of nitrogens with zero attached hydrogens (tertiary/aromatic N) is 1. The van der Waals surface area contributed by atoms with Gasteiger partial charge in [0.2, 0.25) is 0 Å². The molecule has 0 aliphatic carbocycles. The van der Waals surface area contributed by atoms with Gasteiger partial charge in [-0.1, -0.05) is 44.5 Å². The Balaban J connectivity index is 2.90. The van der Waals surface area contributed by atoms with Gasteiger partial charge in [0.25, 0.3) is 0 Å². The summed E-state index contributed by atoms with van der Waals surface area (Å²) < 4.78 is 0. The minimum atomic E-state index is 0.143. The van der Waals surface area contributed by atoms with Gasteiger partial charge < -0.3 is 15.3 Å². The summed E-state index contributed by atoms with van der Waals surface area (Å²) in [5, 5.41) is 13.5. The zero-order chi connectivity index (χ0) is 15.0. The predicted octanol–water partition coefficient (Wildman–Crippen LogP) is 3.29. The lowest BCUT2D eigenvalue weighted by molar-refractivity contribution is 0.301. The quantitative estimate of drug-likeness (QED) is 0.734. The van der Waals surface area contributed by atoms with Gasteiger partial charge in [-0.3, -0.25) is 0 Å². The third-order valence-electron chi connectivity index (χ3n) is 3.12. The molecule has 114 valence electrons. The fourth-order valence-corrected chi connectivity index (χ4v) is 2.59. The molecule has 0 fully saturated rings. The molecule has 0 saturated carbocycles. The number of halogens is 1. The first kappa shape index (κ1) is 17.3. The molecular weight excluding hydrogens is 272 g/mol. The second kappa shape index (κ2) is 9.22. The van der Waals surface area contributed by atoms with E-state index in [1.54, 1.807) is 0 Å². The van der Waals surface area contributed by atoms with Gasteiger partial charge in [-0.25, -0.2) is 0 Å². The van der Waals surface area contributed by atoms with Gasteiger partial charge in [0.05, 0.1) is 17.3 Å². The zero-order valence-corrected chi connectivity index (χ0v) is 13.6. The molecule has 2 N–H and O–H groups in total. The largest absolute Gasteiger partial charge is 0.395 e. The number of aliphatic hydroxyl groups excluding tert-OH is 1. The van der Waals surface area contributed by atoms with Gasteiger partial charge in [0.1, 0.15) is 0 Å². The summed E-state index contributed by atoms with van der Waals surface area (Å²) in [5.41, 5.74) is 2.25. The number of anilines is 1. The molecule has 4 heteroatoms. The Hall–Kier alpha value is -0.770. The Labute approximate surface area is 127 Å². The van der Waals surface area contributed by atoms with Crippen LogP contribution < -0.4 is 10.2 Å². The molecular formula is C16H27ClN2O. The average Bonchev–Trinajstić information content (AvgIpc) is 2.38. The first-order chi connectivity index (χ1) is 9.60. The Morgan fingerprint density at radius 3 is 2.65 bits per heavy atom. The van der Waals surface area contributed by atoms with E-state index in [-0.39, 0.29) is 6.61 Å². The number of benzene rings is 1. The maximum absolute atomic E-state index is 9.25. The molecule has 0 saturated heterocycles. The van der Waals surface area contributed by atoms with Crippen molar-refractivity contribution in [3.63, 3.8) is 0 Å². The van der Waals surface area contributed by atoms with Crippen molar-refractivity contribution in [1.29, 1.82) is 0 Å². The van der Waals surface area contributed by atoms with E-state index in [1.165, 1.54) is 5.56 Å². The van der Waals surface area contributed by atoms with Crippen molar-refractivity contribution >= 4 is 17.3 Å². The SMILES string of the molecule is CCCN(CCO)c1c(Cl)cccc1CNCC(C)C. The number of nitrogens with one attached hydrogen (secondary N) is 1. The van der Waals surface area contributed by atoms with Crippen molar-refractivity contribution in [3.8, 4) is 0 Å². The number of hydrogen-bond acceptors (Lipinski definition) is 3. The number of hydrogen-bond donors (Lipinski definition) is 2. The Bertz CT molecular complexity index is 390. The van der Waals surface area contributed by atoms with Gasteiger partial charge in [-0.05, 0) is 30.5 Å². The van der Waals surface area contributed by atoms with Crippen LogP contribution in [0.5, 0.6) is 0 Å². The van der Waals surface area contributed by atoms with E-state index in [1.807, 2.05) is 12.1 Å². The van der Waals surface area contributed by atoms with Crippen molar-refractivity contribution in [2.75, 3.05) is 31.1 Å². The molecule has 1 aromatic carbocycles. The lowest BCUT2D eigenvalue weighted by Gasteiger charge is -2.27. The van der Waals surface area contributed by atoms with E-state index >= 15 is 0 Å². The third-order valence-corrected chi connectivity index (χ3v) is 3.42. The van der Waals surface area contributed by atoms with Crippen LogP contribution in [-0.2, 0) is 6.54 Å². The maximum atomic E-state index is 9.25. The second-order valence-electron chi connectivity index (χ2n) is 5.48. The highest BCUT2D eigenvalue weighted by atomic mass is 35.5. The monoisotopic (exact) mass is 298 g/mol. The van der Waals surface area contributed by atoms with E-state index < -0.39 is 0 Å². The van der Waals surface area contributed by atoms with Crippen LogP contribution in [0.25, 0.3) is 0 Å². The standard InChI is InChI=1S/C16H27ClN2O/c1-4-8-19(9-10-20)16-14(6-5-7-15(16)17)12-18-11-13(2)3/h5-7,13,18,20H,4,8-12H2,1-3H3. The minimum absolute atomic E-state index is 0.143. The smallest absolute Gasteiger partial charge is 0.0642 e. The van der Waals surface area contributed by atoms with Crippen LogP contribution >= 0.6 is 11.6 Å². The number of para-hydroxylation sites is 1. The van der Waals surface area contributed by atoms with Crippen LogP contribution in [-0.4, -0.2) is 31.3 Å². The summed E-state index contributed by atoms with van der Waals surface area (Å²) in [6.45, 7) is 9.99. The first-order valence-electron chi connectivity index (χ1n) is 7.44. The average molecular weight is 299 g/mol. The highest BCUT2D eigenvalue weighted by Gasteiger charge is 2.14. The Morgan fingerprint density at radius 2 is 2.05 bits per heavy atom. The highest BCUT2D eigenvalue weighted by molar-refractivity contribution is 6.33. The zero-order valence-electron chi connectivity index (χ0n) is 12.8. The molecule has 0 aliphatic heterocycles.